The Bertz CT molecular complexity index is 570. The number of benzene rings is 2. The lowest BCUT2D eigenvalue weighted by Crippen LogP contribution is -2.13. The largest absolute Gasteiger partial charge is 0.308 e. The number of rotatable bonds is 5. The molecule has 2 rings (SSSR count). The van der Waals surface area contributed by atoms with Gasteiger partial charge in [0, 0.05) is 28.3 Å². The maximum Gasteiger partial charge on any atom is 0.273 e. The van der Waals surface area contributed by atoms with Crippen LogP contribution in [0.2, 0.25) is 0 Å². The molecule has 0 bridgehead atoms. The summed E-state index contributed by atoms with van der Waals surface area (Å²) >= 11 is 2.26. The van der Waals surface area contributed by atoms with Crippen molar-refractivity contribution in [3.63, 3.8) is 0 Å². The molecule has 1 N–H and O–H groups in total. The highest BCUT2D eigenvalue weighted by Gasteiger charge is 2.11. The van der Waals surface area contributed by atoms with E-state index in [9.17, 15) is 10.1 Å². The van der Waals surface area contributed by atoms with Crippen molar-refractivity contribution in [3.8, 4) is 0 Å². The minimum absolute atomic E-state index is 0.164. The Morgan fingerprint density at radius 3 is 2.42 bits per heavy atom. The third kappa shape index (κ3) is 4.00. The molecule has 0 spiro atoms. The number of hydrogen-bond donors (Lipinski definition) is 1. The van der Waals surface area contributed by atoms with Crippen LogP contribution in [0.15, 0.2) is 48.5 Å². The number of nitrogens with zero attached hydrogens (tertiary/aromatic N) is 1. The van der Waals surface area contributed by atoms with Gasteiger partial charge in [-0.05, 0) is 40.3 Å². The smallest absolute Gasteiger partial charge is 0.273 e. The summed E-state index contributed by atoms with van der Waals surface area (Å²) < 4.78 is 1.19. The van der Waals surface area contributed by atoms with E-state index in [-0.39, 0.29) is 10.6 Å². The summed E-state index contributed by atoms with van der Waals surface area (Å²) in [7, 11) is 0. The average Bonchev–Trinajstić information content (AvgIpc) is 2.41. The zero-order chi connectivity index (χ0) is 13.7. The fourth-order valence-electron chi connectivity index (χ4n) is 1.78. The number of nitrogens with one attached hydrogen (secondary N) is 1. The van der Waals surface area contributed by atoms with Crippen molar-refractivity contribution < 1.29 is 4.92 Å². The molecule has 0 aromatic heterocycles. The molecular formula is C14H13IN2O2. The molecule has 19 heavy (non-hydrogen) atoms. The monoisotopic (exact) mass is 368 g/mol. The lowest BCUT2D eigenvalue weighted by molar-refractivity contribution is -0.385. The topological polar surface area (TPSA) is 55.2 Å². The second kappa shape index (κ2) is 6.63. The van der Waals surface area contributed by atoms with Gasteiger partial charge in [-0.3, -0.25) is 10.1 Å². The van der Waals surface area contributed by atoms with E-state index < -0.39 is 0 Å². The molecule has 0 fully saturated rings. The van der Waals surface area contributed by atoms with Crippen LogP contribution in [0.4, 0.5) is 5.69 Å². The molecule has 0 saturated heterocycles. The van der Waals surface area contributed by atoms with Crippen molar-refractivity contribution in [3.05, 3.63) is 73.3 Å². The van der Waals surface area contributed by atoms with Crippen LogP contribution in [-0.4, -0.2) is 4.92 Å². The fraction of sp³-hybridized carbons (Fsp3) is 0.143. The van der Waals surface area contributed by atoms with Crippen molar-refractivity contribution in [1.82, 2.24) is 5.32 Å². The quantitative estimate of drug-likeness (QED) is 0.500. The Morgan fingerprint density at radius 1 is 1.05 bits per heavy atom. The maximum atomic E-state index is 10.9. The normalized spacial score (nSPS) is 10.4. The SMILES string of the molecule is O=[N+]([O-])c1ccccc1CNCc1ccc(I)cc1. The lowest BCUT2D eigenvalue weighted by Gasteiger charge is -2.06. The molecule has 0 aliphatic rings. The first-order chi connectivity index (χ1) is 9.16. The summed E-state index contributed by atoms with van der Waals surface area (Å²) in [6.07, 6.45) is 0. The van der Waals surface area contributed by atoms with Crippen molar-refractivity contribution in [2.75, 3.05) is 0 Å². The molecule has 98 valence electrons. The van der Waals surface area contributed by atoms with E-state index in [1.165, 1.54) is 15.2 Å². The fourth-order valence-corrected chi connectivity index (χ4v) is 2.14. The first-order valence-electron chi connectivity index (χ1n) is 5.84. The molecule has 2 aromatic rings. The second-order valence-electron chi connectivity index (χ2n) is 4.12. The molecule has 4 nitrogen and oxygen atoms in total. The van der Waals surface area contributed by atoms with Crippen molar-refractivity contribution in [1.29, 1.82) is 0 Å². The molecule has 0 atom stereocenters. The Kier molecular flexibility index (Phi) is 4.86. The summed E-state index contributed by atoms with van der Waals surface area (Å²) in [4.78, 5) is 10.5. The van der Waals surface area contributed by atoms with Gasteiger partial charge in [-0.2, -0.15) is 0 Å². The minimum Gasteiger partial charge on any atom is -0.308 e. The first kappa shape index (κ1) is 14.0. The van der Waals surface area contributed by atoms with Crippen LogP contribution >= 0.6 is 22.6 Å². The van der Waals surface area contributed by atoms with E-state index in [0.717, 1.165) is 0 Å². The predicted octanol–water partition coefficient (Wildman–Crippen LogP) is 3.49. The van der Waals surface area contributed by atoms with Crippen LogP contribution in [-0.2, 0) is 13.1 Å². The van der Waals surface area contributed by atoms with Crippen molar-refractivity contribution in [2.24, 2.45) is 0 Å². The summed E-state index contributed by atoms with van der Waals surface area (Å²) in [6, 6.07) is 15.0. The van der Waals surface area contributed by atoms with E-state index in [1.54, 1.807) is 12.1 Å². The van der Waals surface area contributed by atoms with Crippen molar-refractivity contribution in [2.45, 2.75) is 13.1 Å². The molecule has 0 heterocycles. The second-order valence-corrected chi connectivity index (χ2v) is 5.36. The zero-order valence-corrected chi connectivity index (χ0v) is 12.3. The van der Waals surface area contributed by atoms with Crippen molar-refractivity contribution >= 4 is 28.3 Å². The first-order valence-corrected chi connectivity index (χ1v) is 6.92. The van der Waals surface area contributed by atoms with Crippen LogP contribution in [0.5, 0.6) is 0 Å². The van der Waals surface area contributed by atoms with Crippen LogP contribution in [0, 0.1) is 13.7 Å². The molecule has 5 heteroatoms. The van der Waals surface area contributed by atoms with Gasteiger partial charge in [0.1, 0.15) is 0 Å². The van der Waals surface area contributed by atoms with Gasteiger partial charge in [0.2, 0.25) is 0 Å². The van der Waals surface area contributed by atoms with Crippen LogP contribution in [0.1, 0.15) is 11.1 Å². The molecule has 0 amide bonds. The standard InChI is InChI=1S/C14H13IN2O2/c15-13-7-5-11(6-8-13)9-16-10-12-3-1-2-4-14(12)17(18)19/h1-8,16H,9-10H2. The summed E-state index contributed by atoms with van der Waals surface area (Å²) in [5, 5.41) is 14.1. The van der Waals surface area contributed by atoms with Crippen LogP contribution < -0.4 is 5.32 Å². The highest BCUT2D eigenvalue weighted by molar-refractivity contribution is 14.1. The van der Waals surface area contributed by atoms with E-state index in [0.29, 0.717) is 18.7 Å². The number of nitro benzene ring substituents is 1. The van der Waals surface area contributed by atoms with Gasteiger partial charge in [-0.1, -0.05) is 30.3 Å². The molecule has 0 radical (unpaired) electrons. The van der Waals surface area contributed by atoms with Gasteiger partial charge < -0.3 is 5.32 Å². The number of nitro groups is 1. The zero-order valence-electron chi connectivity index (χ0n) is 10.2. The average molecular weight is 368 g/mol. The van der Waals surface area contributed by atoms with Gasteiger partial charge in [-0.25, -0.2) is 0 Å². The number of hydrogen-bond acceptors (Lipinski definition) is 3. The summed E-state index contributed by atoms with van der Waals surface area (Å²) in [5.41, 5.74) is 2.04. The van der Waals surface area contributed by atoms with Gasteiger partial charge in [0.05, 0.1) is 4.92 Å². The molecule has 0 saturated carbocycles. The maximum absolute atomic E-state index is 10.9. The molecule has 0 unspecified atom stereocenters. The highest BCUT2D eigenvalue weighted by Crippen LogP contribution is 2.17. The minimum atomic E-state index is -0.345. The van der Waals surface area contributed by atoms with Gasteiger partial charge in [0.15, 0.2) is 0 Å². The lowest BCUT2D eigenvalue weighted by atomic mass is 10.1. The van der Waals surface area contributed by atoms with E-state index in [1.807, 2.05) is 30.3 Å². The Morgan fingerprint density at radius 2 is 1.74 bits per heavy atom. The van der Waals surface area contributed by atoms with Gasteiger partial charge in [-0.15, -0.1) is 0 Å². The Balaban J connectivity index is 1.96. The number of halogens is 1. The molecular weight excluding hydrogens is 355 g/mol. The molecule has 0 aliphatic heterocycles. The Hall–Kier alpha value is -1.47. The van der Waals surface area contributed by atoms with E-state index in [2.05, 4.69) is 27.9 Å². The molecule has 0 aliphatic carbocycles. The van der Waals surface area contributed by atoms with Crippen LogP contribution in [0.3, 0.4) is 0 Å². The van der Waals surface area contributed by atoms with Crippen LogP contribution in [0.25, 0.3) is 0 Å². The van der Waals surface area contributed by atoms with Gasteiger partial charge in [0.25, 0.3) is 5.69 Å². The summed E-state index contributed by atoms with van der Waals surface area (Å²) in [5.74, 6) is 0. The van der Waals surface area contributed by atoms with Gasteiger partial charge >= 0.3 is 0 Å². The molecule has 2 aromatic carbocycles. The van der Waals surface area contributed by atoms with E-state index in [4.69, 9.17) is 0 Å². The Labute approximate surface area is 125 Å². The summed E-state index contributed by atoms with van der Waals surface area (Å²) in [6.45, 7) is 1.19. The van der Waals surface area contributed by atoms with E-state index >= 15 is 0 Å². The third-order valence-electron chi connectivity index (χ3n) is 2.75. The highest BCUT2D eigenvalue weighted by atomic mass is 127. The number of para-hydroxylation sites is 1. The third-order valence-corrected chi connectivity index (χ3v) is 3.47. The predicted molar refractivity (Wildman–Crippen MR) is 82.8 cm³/mol.